The Balaban J connectivity index is 1.00. The number of H-pyrrole nitrogens is 1. The maximum absolute atomic E-state index is 3.76. The number of nitrogens with zero attached hydrogens (tertiary/aromatic N) is 2. The van der Waals surface area contributed by atoms with Crippen LogP contribution >= 0.6 is 0 Å². The first-order valence-corrected chi connectivity index (χ1v) is 19.4. The van der Waals surface area contributed by atoms with Gasteiger partial charge in [-0.05, 0) is 119 Å². The minimum atomic E-state index is 1.11. The molecule has 0 unspecified atom stereocenters. The molecule has 270 valence electrons. The first kappa shape index (κ1) is 33.9. The Morgan fingerprint density at radius 2 is 0.614 bits per heavy atom. The monoisotopic (exact) mass is 729 g/mol. The van der Waals surface area contributed by atoms with Crippen LogP contribution in [-0.2, 0) is 0 Å². The van der Waals surface area contributed by atoms with Crippen molar-refractivity contribution in [2.24, 2.45) is 0 Å². The molecule has 1 heterocycles. The van der Waals surface area contributed by atoms with Gasteiger partial charge in [0.05, 0.1) is 5.52 Å². The number of nitrogens with one attached hydrogen (secondary N) is 1. The van der Waals surface area contributed by atoms with E-state index in [1.807, 2.05) is 0 Å². The highest BCUT2D eigenvalue weighted by molar-refractivity contribution is 6.13. The number of anilines is 6. The summed E-state index contributed by atoms with van der Waals surface area (Å²) in [6, 6.07) is 82.3. The predicted molar refractivity (Wildman–Crippen MR) is 241 cm³/mol. The van der Waals surface area contributed by atoms with Crippen LogP contribution in [0, 0.1) is 0 Å². The molecule has 0 saturated heterocycles. The van der Waals surface area contributed by atoms with Gasteiger partial charge in [0, 0.05) is 56.0 Å². The molecule has 9 aromatic carbocycles. The summed E-state index contributed by atoms with van der Waals surface area (Å²) in [5.74, 6) is 0. The van der Waals surface area contributed by atoms with Crippen molar-refractivity contribution in [2.45, 2.75) is 0 Å². The van der Waals surface area contributed by atoms with E-state index in [9.17, 15) is 0 Å². The molecule has 3 nitrogen and oxygen atoms in total. The van der Waals surface area contributed by atoms with E-state index < -0.39 is 0 Å². The van der Waals surface area contributed by atoms with Crippen molar-refractivity contribution in [3.8, 4) is 33.4 Å². The first-order chi connectivity index (χ1) is 28.3. The standard InChI is InChI=1S/C54H39N3/c1-5-15-44(16-6-1)56(45-17-7-2-8-18-45)48-33-29-40(30-34-48)39-25-27-42(28-26-39)51-37-43(38-52-50-23-13-14-24-53(50)55-54(51)52)41-31-35-49(36-32-41)57(46-19-9-3-10-20-46)47-21-11-4-12-22-47/h1-38,55H. The van der Waals surface area contributed by atoms with Crippen LogP contribution in [0.3, 0.4) is 0 Å². The van der Waals surface area contributed by atoms with Gasteiger partial charge in [-0.1, -0.05) is 140 Å². The molecule has 1 N–H and O–H groups in total. The van der Waals surface area contributed by atoms with Crippen LogP contribution in [0.4, 0.5) is 34.1 Å². The zero-order valence-corrected chi connectivity index (χ0v) is 31.3. The number of hydrogen-bond acceptors (Lipinski definition) is 2. The van der Waals surface area contributed by atoms with Gasteiger partial charge in [-0.15, -0.1) is 0 Å². The van der Waals surface area contributed by atoms with Crippen LogP contribution in [0.5, 0.6) is 0 Å². The van der Waals surface area contributed by atoms with Crippen molar-refractivity contribution in [1.82, 2.24) is 4.98 Å². The Hall–Kier alpha value is -7.62. The van der Waals surface area contributed by atoms with Gasteiger partial charge in [0.1, 0.15) is 0 Å². The minimum absolute atomic E-state index is 1.11. The summed E-state index contributed by atoms with van der Waals surface area (Å²) in [6.45, 7) is 0. The van der Waals surface area contributed by atoms with Crippen molar-refractivity contribution in [3.63, 3.8) is 0 Å². The molecule has 0 saturated carbocycles. The van der Waals surface area contributed by atoms with Crippen LogP contribution in [0.2, 0.25) is 0 Å². The second-order valence-electron chi connectivity index (χ2n) is 14.3. The van der Waals surface area contributed by atoms with Gasteiger partial charge in [0.2, 0.25) is 0 Å². The zero-order valence-electron chi connectivity index (χ0n) is 31.3. The van der Waals surface area contributed by atoms with E-state index in [1.165, 1.54) is 44.2 Å². The number of hydrogen-bond donors (Lipinski definition) is 1. The molecule has 0 bridgehead atoms. The highest BCUT2D eigenvalue weighted by atomic mass is 15.1. The molecule has 10 aromatic rings. The van der Waals surface area contributed by atoms with Crippen LogP contribution < -0.4 is 9.80 Å². The molecular formula is C54H39N3. The van der Waals surface area contributed by atoms with E-state index in [0.717, 1.165) is 45.2 Å². The highest BCUT2D eigenvalue weighted by Gasteiger charge is 2.16. The molecule has 57 heavy (non-hydrogen) atoms. The minimum Gasteiger partial charge on any atom is -0.354 e. The summed E-state index contributed by atoms with van der Waals surface area (Å²) in [5.41, 5.74) is 16.1. The number of rotatable bonds is 9. The van der Waals surface area contributed by atoms with Crippen molar-refractivity contribution in [2.75, 3.05) is 9.80 Å². The van der Waals surface area contributed by atoms with E-state index in [-0.39, 0.29) is 0 Å². The second kappa shape index (κ2) is 14.9. The normalized spacial score (nSPS) is 11.2. The lowest BCUT2D eigenvalue weighted by atomic mass is 9.94. The molecule has 0 fully saturated rings. The number of aromatic amines is 1. The molecule has 3 heteroatoms. The van der Waals surface area contributed by atoms with Gasteiger partial charge in [-0.25, -0.2) is 0 Å². The summed E-state index contributed by atoms with van der Waals surface area (Å²) < 4.78 is 0. The third-order valence-corrected chi connectivity index (χ3v) is 10.8. The number of benzene rings is 9. The summed E-state index contributed by atoms with van der Waals surface area (Å²) in [5, 5.41) is 2.45. The van der Waals surface area contributed by atoms with Gasteiger partial charge in [0.25, 0.3) is 0 Å². The molecule has 10 rings (SSSR count). The zero-order chi connectivity index (χ0) is 38.0. The van der Waals surface area contributed by atoms with Gasteiger partial charge in [-0.3, -0.25) is 0 Å². The maximum atomic E-state index is 3.76. The van der Waals surface area contributed by atoms with Gasteiger partial charge < -0.3 is 14.8 Å². The van der Waals surface area contributed by atoms with Crippen LogP contribution in [0.25, 0.3) is 55.2 Å². The lowest BCUT2D eigenvalue weighted by molar-refractivity contribution is 1.28. The molecule has 0 atom stereocenters. The van der Waals surface area contributed by atoms with E-state index in [2.05, 4.69) is 245 Å². The second-order valence-corrected chi connectivity index (χ2v) is 14.3. The quantitative estimate of drug-likeness (QED) is 0.160. The smallest absolute Gasteiger partial charge is 0.0544 e. The largest absolute Gasteiger partial charge is 0.354 e. The Morgan fingerprint density at radius 3 is 1.07 bits per heavy atom. The summed E-state index contributed by atoms with van der Waals surface area (Å²) in [7, 11) is 0. The van der Waals surface area contributed by atoms with Crippen molar-refractivity contribution in [1.29, 1.82) is 0 Å². The fraction of sp³-hybridized carbons (Fsp3) is 0. The summed E-state index contributed by atoms with van der Waals surface area (Å²) in [6.07, 6.45) is 0. The lowest BCUT2D eigenvalue weighted by Crippen LogP contribution is -2.09. The molecule has 0 aliphatic rings. The highest BCUT2D eigenvalue weighted by Crippen LogP contribution is 2.41. The Kier molecular flexibility index (Phi) is 8.86. The number of aromatic nitrogens is 1. The third kappa shape index (κ3) is 6.62. The van der Waals surface area contributed by atoms with E-state index in [4.69, 9.17) is 0 Å². The molecule has 0 aliphatic carbocycles. The Labute approximate surface area is 333 Å². The molecule has 0 aliphatic heterocycles. The Bertz CT molecular complexity index is 2820. The van der Waals surface area contributed by atoms with E-state index >= 15 is 0 Å². The average molecular weight is 730 g/mol. The van der Waals surface area contributed by atoms with E-state index in [0.29, 0.717) is 0 Å². The predicted octanol–water partition coefficient (Wildman–Crippen LogP) is 15.3. The number of fused-ring (bicyclic) bond motifs is 3. The SMILES string of the molecule is c1ccc(N(c2ccccc2)c2ccc(-c3ccc(-c4cc(-c5ccc(N(c6ccccc6)c6ccccc6)cc5)cc5c4[nH]c4ccccc45)cc3)cc2)cc1. The molecule has 0 spiro atoms. The topological polar surface area (TPSA) is 22.3 Å². The summed E-state index contributed by atoms with van der Waals surface area (Å²) in [4.78, 5) is 8.36. The molecule has 1 aromatic heterocycles. The Morgan fingerprint density at radius 1 is 0.263 bits per heavy atom. The maximum Gasteiger partial charge on any atom is 0.0544 e. The van der Waals surface area contributed by atoms with Crippen molar-refractivity contribution >= 4 is 55.9 Å². The summed E-state index contributed by atoms with van der Waals surface area (Å²) >= 11 is 0. The first-order valence-electron chi connectivity index (χ1n) is 19.4. The molecule has 0 amide bonds. The van der Waals surface area contributed by atoms with Gasteiger partial charge in [-0.2, -0.15) is 0 Å². The molecule has 0 radical (unpaired) electrons. The fourth-order valence-corrected chi connectivity index (χ4v) is 8.00. The average Bonchev–Trinajstić information content (AvgIpc) is 3.67. The van der Waals surface area contributed by atoms with Crippen molar-refractivity contribution in [3.05, 3.63) is 231 Å². The van der Waals surface area contributed by atoms with Crippen LogP contribution in [-0.4, -0.2) is 4.98 Å². The van der Waals surface area contributed by atoms with E-state index in [1.54, 1.807) is 0 Å². The number of para-hydroxylation sites is 5. The molecular weight excluding hydrogens is 691 g/mol. The van der Waals surface area contributed by atoms with Gasteiger partial charge in [0.15, 0.2) is 0 Å². The van der Waals surface area contributed by atoms with Crippen molar-refractivity contribution < 1.29 is 0 Å². The third-order valence-electron chi connectivity index (χ3n) is 10.8. The van der Waals surface area contributed by atoms with Crippen LogP contribution in [0.1, 0.15) is 0 Å². The fourth-order valence-electron chi connectivity index (χ4n) is 8.00. The van der Waals surface area contributed by atoms with Crippen LogP contribution in [0.15, 0.2) is 231 Å². The van der Waals surface area contributed by atoms with Gasteiger partial charge >= 0.3 is 0 Å². The lowest BCUT2D eigenvalue weighted by Gasteiger charge is -2.25.